The molecule has 1 rings (SSSR count). The standard InChI is InChI=1S/C10H24B2N2S2/c1-9(2,3)13-11(7)15-12(8)14(16-13)10(4,5)6/h1-8H3. The molecule has 1 heterocycles. The van der Waals surface area contributed by atoms with Gasteiger partial charge in [0, 0.05) is 11.1 Å². The Kier molecular flexibility index (Phi) is 4.43. The first-order valence-corrected chi connectivity index (χ1v) is 7.63. The average Bonchev–Trinajstić information content (AvgIpc) is 1.97. The lowest BCUT2D eigenvalue weighted by molar-refractivity contribution is 0.348. The van der Waals surface area contributed by atoms with Gasteiger partial charge in [0.1, 0.15) is 0 Å². The quantitative estimate of drug-likeness (QED) is 0.482. The number of rotatable bonds is 0. The van der Waals surface area contributed by atoms with Gasteiger partial charge in [-0.15, -0.1) is 0 Å². The molecule has 0 bridgehead atoms. The molecule has 0 unspecified atom stereocenters. The molecule has 0 aromatic heterocycles. The summed E-state index contributed by atoms with van der Waals surface area (Å²) < 4.78 is 5.01. The molecule has 0 amide bonds. The summed E-state index contributed by atoms with van der Waals surface area (Å²) in [6.45, 7) is 18.3. The molecule has 0 spiro atoms. The molecule has 0 saturated carbocycles. The Balaban J connectivity index is 2.85. The Morgan fingerprint density at radius 2 is 1.06 bits per heavy atom. The fourth-order valence-electron chi connectivity index (χ4n) is 1.96. The topological polar surface area (TPSA) is 6.48 Å². The zero-order valence-electron chi connectivity index (χ0n) is 11.9. The Labute approximate surface area is 111 Å². The minimum atomic E-state index is 0.209. The molecule has 0 aromatic carbocycles. The van der Waals surface area contributed by atoms with Gasteiger partial charge in [0.25, 0.3) is 12.3 Å². The van der Waals surface area contributed by atoms with Gasteiger partial charge < -0.3 is 0 Å². The zero-order valence-corrected chi connectivity index (χ0v) is 13.5. The van der Waals surface area contributed by atoms with Crippen molar-refractivity contribution in [3.8, 4) is 0 Å². The average molecular weight is 258 g/mol. The van der Waals surface area contributed by atoms with Gasteiger partial charge in [-0.1, -0.05) is 13.6 Å². The molecule has 1 saturated heterocycles. The van der Waals surface area contributed by atoms with Crippen molar-refractivity contribution >= 4 is 35.9 Å². The summed E-state index contributed by atoms with van der Waals surface area (Å²) in [4.78, 5) is 0. The summed E-state index contributed by atoms with van der Waals surface area (Å²) in [5, 5.41) is 0. The van der Waals surface area contributed by atoms with Crippen LogP contribution in [0.5, 0.6) is 0 Å². The lowest BCUT2D eigenvalue weighted by Crippen LogP contribution is -2.57. The molecular formula is C10H24B2N2S2. The van der Waals surface area contributed by atoms with Crippen molar-refractivity contribution in [2.45, 2.75) is 66.3 Å². The van der Waals surface area contributed by atoms with E-state index in [0.29, 0.717) is 12.3 Å². The zero-order chi connectivity index (χ0) is 12.7. The van der Waals surface area contributed by atoms with Crippen LogP contribution >= 0.6 is 23.6 Å². The Bertz CT molecular complexity index is 226. The van der Waals surface area contributed by atoms with Crippen LogP contribution in [0.2, 0.25) is 13.6 Å². The second-order valence-corrected chi connectivity index (χ2v) is 9.00. The van der Waals surface area contributed by atoms with Crippen molar-refractivity contribution in [1.82, 2.24) is 8.43 Å². The van der Waals surface area contributed by atoms with Gasteiger partial charge in [-0.05, 0) is 53.7 Å². The monoisotopic (exact) mass is 258 g/mol. The normalized spacial score (nSPS) is 21.8. The maximum atomic E-state index is 2.50. The molecule has 1 aliphatic rings. The van der Waals surface area contributed by atoms with E-state index >= 15 is 0 Å². The Morgan fingerprint density at radius 3 is 1.31 bits per heavy atom. The second kappa shape index (κ2) is 4.79. The van der Waals surface area contributed by atoms with Crippen molar-refractivity contribution in [3.63, 3.8) is 0 Å². The first kappa shape index (κ1) is 14.8. The Morgan fingerprint density at radius 1 is 0.750 bits per heavy atom. The van der Waals surface area contributed by atoms with E-state index in [1.807, 2.05) is 23.6 Å². The summed E-state index contributed by atoms with van der Waals surface area (Å²) >= 11 is 3.95. The lowest BCUT2D eigenvalue weighted by Gasteiger charge is -2.50. The summed E-state index contributed by atoms with van der Waals surface area (Å²) in [5.41, 5.74) is 0.418. The van der Waals surface area contributed by atoms with Crippen molar-refractivity contribution < 1.29 is 0 Å². The van der Waals surface area contributed by atoms with Gasteiger partial charge in [0.2, 0.25) is 0 Å². The van der Waals surface area contributed by atoms with Gasteiger partial charge in [0.05, 0.1) is 0 Å². The lowest BCUT2D eigenvalue weighted by atomic mass is 9.88. The van der Waals surface area contributed by atoms with E-state index in [9.17, 15) is 0 Å². The van der Waals surface area contributed by atoms with Crippen molar-refractivity contribution in [1.29, 1.82) is 0 Å². The summed E-state index contributed by atoms with van der Waals surface area (Å²) in [6, 6.07) is 0. The van der Waals surface area contributed by atoms with E-state index in [1.54, 1.807) is 0 Å². The molecule has 92 valence electrons. The molecule has 0 atom stereocenters. The van der Waals surface area contributed by atoms with Crippen molar-refractivity contribution in [2.24, 2.45) is 0 Å². The molecule has 1 aliphatic heterocycles. The van der Waals surface area contributed by atoms with Crippen LogP contribution in [-0.2, 0) is 0 Å². The molecule has 6 heteroatoms. The highest BCUT2D eigenvalue weighted by Crippen LogP contribution is 2.42. The predicted octanol–water partition coefficient (Wildman–Crippen LogP) is 3.73. The SMILES string of the molecule is CB1SB(C)N(C(C)(C)C)SN1C(C)(C)C. The van der Waals surface area contributed by atoms with Crippen LogP contribution in [0.3, 0.4) is 0 Å². The third-order valence-electron chi connectivity index (χ3n) is 2.55. The molecule has 0 aromatic rings. The highest BCUT2D eigenvalue weighted by Gasteiger charge is 2.43. The second-order valence-electron chi connectivity index (χ2n) is 6.41. The van der Waals surface area contributed by atoms with Gasteiger partial charge >= 0.3 is 0 Å². The van der Waals surface area contributed by atoms with Crippen molar-refractivity contribution in [3.05, 3.63) is 0 Å². The summed E-state index contributed by atoms with van der Waals surface area (Å²) in [5.74, 6) is 0. The third-order valence-corrected chi connectivity index (χ3v) is 6.11. The van der Waals surface area contributed by atoms with Crippen LogP contribution in [0.25, 0.3) is 0 Å². The number of hydrogen-bond acceptors (Lipinski definition) is 4. The van der Waals surface area contributed by atoms with Crippen LogP contribution in [0.15, 0.2) is 0 Å². The minimum Gasteiger partial charge on any atom is -0.262 e. The molecule has 0 aliphatic carbocycles. The van der Waals surface area contributed by atoms with Gasteiger partial charge in [-0.3, -0.25) is 8.43 Å². The van der Waals surface area contributed by atoms with Crippen LogP contribution in [0, 0.1) is 0 Å². The molecule has 2 nitrogen and oxygen atoms in total. The maximum Gasteiger partial charge on any atom is 0.291 e. The van der Waals surface area contributed by atoms with Crippen LogP contribution < -0.4 is 0 Å². The first-order chi connectivity index (χ1) is 7.03. The number of nitrogens with zero attached hydrogens (tertiary/aromatic N) is 2. The largest absolute Gasteiger partial charge is 0.291 e. The van der Waals surface area contributed by atoms with Gasteiger partial charge in [-0.25, -0.2) is 11.5 Å². The van der Waals surface area contributed by atoms with E-state index in [1.165, 1.54) is 0 Å². The summed E-state index contributed by atoms with van der Waals surface area (Å²) in [6.07, 6.45) is 1.14. The molecule has 0 N–H and O–H groups in total. The summed E-state index contributed by atoms with van der Waals surface area (Å²) in [7, 11) is 0. The van der Waals surface area contributed by atoms with E-state index in [0.717, 1.165) is 0 Å². The van der Waals surface area contributed by atoms with Crippen molar-refractivity contribution in [2.75, 3.05) is 0 Å². The first-order valence-electron chi connectivity index (χ1n) is 5.95. The fraction of sp³-hybridized carbons (Fsp3) is 1.00. The van der Waals surface area contributed by atoms with E-state index < -0.39 is 0 Å². The van der Waals surface area contributed by atoms with Crippen LogP contribution in [0.1, 0.15) is 41.5 Å². The molecule has 16 heavy (non-hydrogen) atoms. The van der Waals surface area contributed by atoms with Crippen LogP contribution in [0.4, 0.5) is 0 Å². The predicted molar refractivity (Wildman–Crippen MR) is 81.6 cm³/mol. The molecular weight excluding hydrogens is 234 g/mol. The molecule has 0 radical (unpaired) electrons. The smallest absolute Gasteiger partial charge is 0.262 e. The van der Waals surface area contributed by atoms with Crippen LogP contribution in [-0.4, -0.2) is 31.8 Å². The fourth-order valence-corrected chi connectivity index (χ4v) is 4.86. The van der Waals surface area contributed by atoms with Gasteiger partial charge in [-0.2, -0.15) is 0 Å². The maximum absolute atomic E-state index is 2.50. The van der Waals surface area contributed by atoms with Gasteiger partial charge in [0.15, 0.2) is 0 Å². The third kappa shape index (κ3) is 3.37. The van der Waals surface area contributed by atoms with E-state index in [4.69, 9.17) is 0 Å². The minimum absolute atomic E-state index is 0.209. The Hall–Kier alpha value is 0.750. The van der Waals surface area contributed by atoms with E-state index in [2.05, 4.69) is 63.6 Å². The number of hydrogen-bond donors (Lipinski definition) is 0. The highest BCUT2D eigenvalue weighted by atomic mass is 32.2. The van der Waals surface area contributed by atoms with E-state index in [-0.39, 0.29) is 11.1 Å². The molecule has 1 fully saturated rings. The highest BCUT2D eigenvalue weighted by molar-refractivity contribution is 8.46.